The van der Waals surface area contributed by atoms with Gasteiger partial charge in [-0.25, -0.2) is 0 Å². The molecule has 6 rings (SSSR count). The first-order valence-electron chi connectivity index (χ1n) is 13.4. The molecular formula is C28H37ClN4O5. The molecule has 1 spiro atoms. The summed E-state index contributed by atoms with van der Waals surface area (Å²) in [5.41, 5.74) is 3.05. The van der Waals surface area contributed by atoms with Gasteiger partial charge in [0.1, 0.15) is 5.69 Å². The Balaban J connectivity index is 0.00000294. The van der Waals surface area contributed by atoms with Gasteiger partial charge in [-0.1, -0.05) is 13.0 Å². The second-order valence-electron chi connectivity index (χ2n) is 11.2. The molecule has 4 aliphatic rings. The van der Waals surface area contributed by atoms with Gasteiger partial charge in [-0.3, -0.25) is 14.5 Å². The van der Waals surface area contributed by atoms with E-state index < -0.39 is 17.1 Å². The van der Waals surface area contributed by atoms with Crippen molar-refractivity contribution in [2.45, 2.75) is 70.1 Å². The van der Waals surface area contributed by atoms with Crippen LogP contribution in [-0.2, 0) is 23.1 Å². The lowest BCUT2D eigenvalue weighted by Gasteiger charge is -2.63. The number of aliphatic hydroxyl groups is 1. The van der Waals surface area contributed by atoms with Crippen LogP contribution < -0.4 is 15.4 Å². The fourth-order valence-electron chi connectivity index (χ4n) is 7.67. The number of hydrogen-bond donors (Lipinski definition) is 5. The fraction of sp³-hybridized carbons (Fsp3) is 0.571. The monoisotopic (exact) mass is 544 g/mol. The van der Waals surface area contributed by atoms with Gasteiger partial charge in [-0.15, -0.1) is 12.4 Å². The minimum Gasteiger partial charge on any atom is -0.504 e. The van der Waals surface area contributed by atoms with Crippen molar-refractivity contribution >= 4 is 24.2 Å². The summed E-state index contributed by atoms with van der Waals surface area (Å²) in [7, 11) is 0. The highest BCUT2D eigenvalue weighted by molar-refractivity contribution is 5.94. The molecule has 2 bridgehead atoms. The van der Waals surface area contributed by atoms with E-state index in [1.165, 1.54) is 0 Å². The summed E-state index contributed by atoms with van der Waals surface area (Å²) in [6.45, 7) is 9.99. The Morgan fingerprint density at radius 1 is 1.26 bits per heavy atom. The van der Waals surface area contributed by atoms with Gasteiger partial charge < -0.3 is 30.6 Å². The Bertz CT molecular complexity index is 1310. The molecule has 1 aromatic heterocycles. The average molecular weight is 545 g/mol. The molecule has 10 heteroatoms. The van der Waals surface area contributed by atoms with E-state index >= 15 is 0 Å². The van der Waals surface area contributed by atoms with Gasteiger partial charge in [0.15, 0.2) is 17.6 Å². The number of phenolic OH excluding ortho intramolecular Hbond substituents is 1. The van der Waals surface area contributed by atoms with Crippen molar-refractivity contribution in [3.05, 3.63) is 45.8 Å². The van der Waals surface area contributed by atoms with Gasteiger partial charge in [-0.2, -0.15) is 0 Å². The quantitative estimate of drug-likeness (QED) is 0.380. The van der Waals surface area contributed by atoms with Crippen LogP contribution >= 0.6 is 12.4 Å². The molecule has 1 unspecified atom stereocenters. The number of nitrogens with zero attached hydrogens (tertiary/aromatic N) is 1. The lowest BCUT2D eigenvalue weighted by molar-refractivity contribution is -0.175. The normalized spacial score (nSPS) is 28.9. The molecule has 206 valence electrons. The van der Waals surface area contributed by atoms with Crippen LogP contribution in [0.4, 0.5) is 0 Å². The Hall–Kier alpha value is -2.75. The zero-order valence-corrected chi connectivity index (χ0v) is 23.1. The van der Waals surface area contributed by atoms with E-state index in [1.54, 1.807) is 6.07 Å². The number of phenols is 1. The van der Waals surface area contributed by atoms with E-state index in [9.17, 15) is 19.8 Å². The lowest BCUT2D eigenvalue weighted by atomic mass is 9.49. The predicted octanol–water partition coefficient (Wildman–Crippen LogP) is 2.26. The molecule has 5 atom stereocenters. The molecule has 2 aliphatic heterocycles. The summed E-state index contributed by atoms with van der Waals surface area (Å²) >= 11 is 0. The third kappa shape index (κ3) is 3.31. The zero-order chi connectivity index (χ0) is 26.3. The highest BCUT2D eigenvalue weighted by Gasteiger charge is 2.73. The van der Waals surface area contributed by atoms with E-state index in [1.807, 2.05) is 33.8 Å². The van der Waals surface area contributed by atoms with Crippen LogP contribution in [0.15, 0.2) is 12.1 Å². The first-order chi connectivity index (χ1) is 17.7. The van der Waals surface area contributed by atoms with E-state index in [4.69, 9.17) is 4.74 Å². The van der Waals surface area contributed by atoms with Crippen LogP contribution in [0.25, 0.3) is 0 Å². The molecule has 1 aromatic carbocycles. The molecule has 0 radical (unpaired) electrons. The molecule has 1 fully saturated rings. The lowest BCUT2D eigenvalue weighted by Crippen LogP contribution is -2.74. The van der Waals surface area contributed by atoms with Gasteiger partial charge in [0.2, 0.25) is 5.91 Å². The third-order valence-electron chi connectivity index (χ3n) is 9.32. The number of aromatic hydroxyl groups is 1. The van der Waals surface area contributed by atoms with Crippen molar-refractivity contribution in [2.75, 3.05) is 26.2 Å². The number of halogens is 1. The average Bonchev–Trinajstić information content (AvgIpc) is 3.37. The van der Waals surface area contributed by atoms with Crippen molar-refractivity contribution in [1.82, 2.24) is 20.5 Å². The van der Waals surface area contributed by atoms with Crippen molar-refractivity contribution in [1.29, 1.82) is 0 Å². The van der Waals surface area contributed by atoms with Crippen molar-refractivity contribution < 1.29 is 24.5 Å². The number of aromatic nitrogens is 1. The third-order valence-corrected chi connectivity index (χ3v) is 9.32. The first-order valence-corrected chi connectivity index (χ1v) is 13.4. The van der Waals surface area contributed by atoms with Crippen molar-refractivity contribution in [3.8, 4) is 11.5 Å². The van der Waals surface area contributed by atoms with Gasteiger partial charge >= 0.3 is 0 Å². The largest absolute Gasteiger partial charge is 0.504 e. The Labute approximate surface area is 228 Å². The Kier molecular flexibility index (Phi) is 6.48. The van der Waals surface area contributed by atoms with E-state index in [-0.39, 0.29) is 41.9 Å². The summed E-state index contributed by atoms with van der Waals surface area (Å²) in [4.78, 5) is 31.1. The molecule has 2 amide bonds. The summed E-state index contributed by atoms with van der Waals surface area (Å²) in [6, 6.07) is 3.38. The van der Waals surface area contributed by atoms with Crippen molar-refractivity contribution in [3.63, 3.8) is 0 Å². The SMILES string of the molecule is CCNC(=O)c1[nH]c2c(c1C)C[C@]1(O)[C@@H]3Cc4ccc(O)c5c4[C@@]1(CCN3CC(C)C(=O)NCC)[C@H]2O5.Cl. The van der Waals surface area contributed by atoms with Gasteiger partial charge in [0.05, 0.1) is 16.7 Å². The second kappa shape index (κ2) is 9.17. The van der Waals surface area contributed by atoms with Crippen LogP contribution in [0.5, 0.6) is 11.5 Å². The minimum atomic E-state index is -1.19. The van der Waals surface area contributed by atoms with Crippen LogP contribution in [0, 0.1) is 12.8 Å². The second-order valence-corrected chi connectivity index (χ2v) is 11.2. The highest BCUT2D eigenvalue weighted by atomic mass is 35.5. The highest BCUT2D eigenvalue weighted by Crippen LogP contribution is 2.68. The van der Waals surface area contributed by atoms with E-state index in [0.29, 0.717) is 56.9 Å². The number of fused-ring (bicyclic) bond motifs is 2. The number of likely N-dealkylation sites (tertiary alicyclic amines) is 1. The number of ether oxygens (including phenoxy) is 1. The predicted molar refractivity (Wildman–Crippen MR) is 144 cm³/mol. The number of H-pyrrole nitrogens is 1. The number of amides is 2. The minimum absolute atomic E-state index is 0. The number of hydrogen-bond acceptors (Lipinski definition) is 6. The molecule has 3 heterocycles. The maximum atomic E-state index is 12.9. The molecular weight excluding hydrogens is 508 g/mol. The van der Waals surface area contributed by atoms with Crippen LogP contribution in [0.3, 0.4) is 0 Å². The first kappa shape index (κ1) is 26.8. The van der Waals surface area contributed by atoms with Gasteiger partial charge in [-0.05, 0) is 62.9 Å². The molecule has 1 saturated heterocycles. The van der Waals surface area contributed by atoms with Crippen LogP contribution in [-0.4, -0.2) is 69.7 Å². The number of benzene rings is 1. The van der Waals surface area contributed by atoms with E-state index in [2.05, 4.69) is 20.5 Å². The number of piperidine rings is 1. The van der Waals surface area contributed by atoms with Crippen LogP contribution in [0.2, 0.25) is 0 Å². The standard InChI is InChI=1S/C28H36N4O5.ClH/c1-5-29-25(34)14(3)13-32-10-9-27-20-16-7-8-18(33)23(20)37-24(27)22-17(12-28(27,36)19(32)11-16)15(4)21(31-22)26(35)30-6-2;/h7-8,14,19,24,31,33,36H,5-6,9-13H2,1-4H3,(H,29,34)(H,30,35);1H/t14?,19-,24-,27-,28-;/m0./s1. The zero-order valence-electron chi connectivity index (χ0n) is 22.3. The summed E-state index contributed by atoms with van der Waals surface area (Å²) in [5, 5.41) is 29.4. The molecule has 2 aliphatic carbocycles. The molecule has 9 nitrogen and oxygen atoms in total. The maximum Gasteiger partial charge on any atom is 0.267 e. The van der Waals surface area contributed by atoms with Crippen LogP contribution in [0.1, 0.15) is 71.7 Å². The number of carbonyl (C=O) groups excluding carboxylic acids is 2. The van der Waals surface area contributed by atoms with Gasteiger partial charge in [0.25, 0.3) is 5.91 Å². The Morgan fingerprint density at radius 3 is 2.71 bits per heavy atom. The molecule has 0 saturated carbocycles. The topological polar surface area (TPSA) is 127 Å². The maximum absolute atomic E-state index is 12.9. The number of aromatic amines is 1. The van der Waals surface area contributed by atoms with Crippen molar-refractivity contribution in [2.24, 2.45) is 5.92 Å². The molecule has 2 aromatic rings. The van der Waals surface area contributed by atoms with Gasteiger partial charge in [0, 0.05) is 43.6 Å². The number of carbonyl (C=O) groups is 2. The fourth-order valence-corrected chi connectivity index (χ4v) is 7.67. The number of nitrogens with one attached hydrogen (secondary N) is 3. The smallest absolute Gasteiger partial charge is 0.267 e. The summed E-state index contributed by atoms with van der Waals surface area (Å²) in [5.74, 6) is 0.135. The molecule has 38 heavy (non-hydrogen) atoms. The summed E-state index contributed by atoms with van der Waals surface area (Å²) in [6.07, 6.45) is 1.04. The summed E-state index contributed by atoms with van der Waals surface area (Å²) < 4.78 is 6.54. The number of rotatable bonds is 6. The Morgan fingerprint density at radius 2 is 2.00 bits per heavy atom. The molecule has 5 N–H and O–H groups in total. The van der Waals surface area contributed by atoms with E-state index in [0.717, 1.165) is 27.9 Å².